The number of hydrogen-bond donors (Lipinski definition) is 0. The van der Waals surface area contributed by atoms with Crippen LogP contribution in [-0.2, 0) is 4.74 Å². The Kier molecular flexibility index (Phi) is 7.61. The van der Waals surface area contributed by atoms with Crippen molar-refractivity contribution in [3.05, 3.63) is 53.6 Å². The van der Waals surface area contributed by atoms with Crippen LogP contribution in [-0.4, -0.2) is 81.9 Å². The summed E-state index contributed by atoms with van der Waals surface area (Å²) in [5.74, 6) is 0.766. The number of esters is 1. The summed E-state index contributed by atoms with van der Waals surface area (Å²) < 4.78 is 15.2. The summed E-state index contributed by atoms with van der Waals surface area (Å²) in [6.45, 7) is 3.53. The summed E-state index contributed by atoms with van der Waals surface area (Å²) in [7, 11) is 4.48. The van der Waals surface area contributed by atoms with Crippen LogP contribution in [0.4, 0.5) is 5.69 Å². The molecule has 0 saturated carbocycles. The highest BCUT2D eigenvalue weighted by molar-refractivity contribution is 5.95. The van der Waals surface area contributed by atoms with Crippen LogP contribution in [0.25, 0.3) is 0 Å². The Morgan fingerprint density at radius 1 is 0.903 bits per heavy atom. The van der Waals surface area contributed by atoms with Crippen LogP contribution in [0.15, 0.2) is 47.5 Å². The second kappa shape index (κ2) is 10.6. The first kappa shape index (κ1) is 22.3. The lowest BCUT2D eigenvalue weighted by atomic mass is 10.1. The summed E-state index contributed by atoms with van der Waals surface area (Å²) in [6, 6.07) is 12.2. The molecular weight excluding hydrogens is 398 g/mol. The highest BCUT2D eigenvalue weighted by atomic mass is 16.5. The molecule has 164 valence electrons. The van der Waals surface area contributed by atoms with Crippen LogP contribution in [0, 0.1) is 0 Å². The fraction of sp³-hybridized carbons (Fsp3) is 0.348. The van der Waals surface area contributed by atoms with Crippen molar-refractivity contribution in [2.24, 2.45) is 4.99 Å². The topological polar surface area (TPSA) is 80.7 Å². The first-order chi connectivity index (χ1) is 15.0. The number of aliphatic imine (C=N–C) groups is 1. The number of carbonyl (C=O) groups is 2. The highest BCUT2D eigenvalue weighted by Crippen LogP contribution is 2.28. The molecule has 0 aromatic heterocycles. The largest absolute Gasteiger partial charge is 0.493 e. The molecule has 0 unspecified atom stereocenters. The number of hydrogen-bond acceptors (Lipinski definition) is 7. The molecule has 1 amide bonds. The van der Waals surface area contributed by atoms with E-state index in [0.29, 0.717) is 42.3 Å². The van der Waals surface area contributed by atoms with E-state index in [0.717, 1.165) is 18.8 Å². The number of methoxy groups -OCH3 is 3. The quantitative estimate of drug-likeness (QED) is 0.501. The molecule has 1 aliphatic rings. The Labute approximate surface area is 182 Å². The monoisotopic (exact) mass is 425 g/mol. The third kappa shape index (κ3) is 5.61. The van der Waals surface area contributed by atoms with E-state index in [1.165, 1.54) is 7.11 Å². The van der Waals surface area contributed by atoms with Gasteiger partial charge in [0.05, 0.1) is 32.6 Å². The van der Waals surface area contributed by atoms with Gasteiger partial charge in [0.2, 0.25) is 0 Å². The van der Waals surface area contributed by atoms with Crippen LogP contribution in [0.2, 0.25) is 0 Å². The minimum atomic E-state index is -0.365. The van der Waals surface area contributed by atoms with Gasteiger partial charge in [-0.3, -0.25) is 14.7 Å². The zero-order chi connectivity index (χ0) is 22.2. The van der Waals surface area contributed by atoms with Gasteiger partial charge in [0, 0.05) is 44.5 Å². The maximum atomic E-state index is 12.8. The predicted molar refractivity (Wildman–Crippen MR) is 118 cm³/mol. The van der Waals surface area contributed by atoms with E-state index in [4.69, 9.17) is 9.47 Å². The van der Waals surface area contributed by atoms with E-state index in [1.807, 2.05) is 11.1 Å². The fourth-order valence-electron chi connectivity index (χ4n) is 3.35. The van der Waals surface area contributed by atoms with Gasteiger partial charge in [-0.1, -0.05) is 0 Å². The molecule has 2 aromatic carbocycles. The van der Waals surface area contributed by atoms with Gasteiger partial charge in [-0.25, -0.2) is 4.79 Å². The van der Waals surface area contributed by atoms with Gasteiger partial charge in [0.15, 0.2) is 11.5 Å². The molecule has 0 aliphatic carbocycles. The van der Waals surface area contributed by atoms with E-state index in [1.54, 1.807) is 56.7 Å². The number of carbonyl (C=O) groups excluding carboxylic acids is 2. The normalized spacial score (nSPS) is 14.5. The molecule has 3 rings (SSSR count). The van der Waals surface area contributed by atoms with E-state index in [2.05, 4.69) is 14.6 Å². The minimum absolute atomic E-state index is 0.0139. The molecule has 1 heterocycles. The molecule has 8 heteroatoms. The maximum absolute atomic E-state index is 12.8. The van der Waals surface area contributed by atoms with Crippen molar-refractivity contribution in [2.45, 2.75) is 0 Å². The van der Waals surface area contributed by atoms with Gasteiger partial charge in [0.1, 0.15) is 0 Å². The summed E-state index contributed by atoms with van der Waals surface area (Å²) in [5.41, 5.74) is 1.86. The molecular formula is C23H27N3O5. The molecule has 0 radical (unpaired) electrons. The zero-order valence-electron chi connectivity index (χ0n) is 18.0. The van der Waals surface area contributed by atoms with Gasteiger partial charge in [0.25, 0.3) is 5.91 Å². The fourth-order valence-corrected chi connectivity index (χ4v) is 3.35. The second-order valence-corrected chi connectivity index (χ2v) is 7.01. The summed E-state index contributed by atoms with van der Waals surface area (Å²) >= 11 is 0. The third-order valence-electron chi connectivity index (χ3n) is 5.16. The van der Waals surface area contributed by atoms with E-state index in [-0.39, 0.29) is 11.9 Å². The number of ether oxygens (including phenoxy) is 3. The highest BCUT2D eigenvalue weighted by Gasteiger charge is 2.22. The van der Waals surface area contributed by atoms with Crippen LogP contribution in [0.5, 0.6) is 11.5 Å². The lowest BCUT2D eigenvalue weighted by molar-refractivity contribution is 0.0599. The van der Waals surface area contributed by atoms with Gasteiger partial charge in [-0.15, -0.1) is 0 Å². The number of amides is 1. The Morgan fingerprint density at radius 3 is 2.16 bits per heavy atom. The van der Waals surface area contributed by atoms with Crippen molar-refractivity contribution >= 4 is 23.8 Å². The second-order valence-electron chi connectivity index (χ2n) is 7.01. The zero-order valence-corrected chi connectivity index (χ0v) is 18.0. The van der Waals surface area contributed by atoms with Crippen molar-refractivity contribution in [1.29, 1.82) is 0 Å². The van der Waals surface area contributed by atoms with Crippen LogP contribution >= 0.6 is 0 Å². The first-order valence-corrected chi connectivity index (χ1v) is 10.00. The van der Waals surface area contributed by atoms with Crippen LogP contribution < -0.4 is 9.47 Å². The van der Waals surface area contributed by atoms with Crippen molar-refractivity contribution in [3.63, 3.8) is 0 Å². The van der Waals surface area contributed by atoms with Crippen molar-refractivity contribution < 1.29 is 23.8 Å². The smallest absolute Gasteiger partial charge is 0.337 e. The maximum Gasteiger partial charge on any atom is 0.337 e. The molecule has 1 saturated heterocycles. The molecule has 8 nitrogen and oxygen atoms in total. The molecule has 0 N–H and O–H groups in total. The Balaban J connectivity index is 1.50. The van der Waals surface area contributed by atoms with Gasteiger partial charge in [-0.2, -0.15) is 0 Å². The molecule has 1 fully saturated rings. The van der Waals surface area contributed by atoms with E-state index >= 15 is 0 Å². The standard InChI is InChI=1S/C23H27N3O5/c1-29-20-9-6-18(16-21(20)30-2)22(27)26-14-12-25(13-15-26)11-10-24-19-7-4-17(5-8-19)23(28)31-3/h4-10,16H,11-15H2,1-3H3. The average Bonchev–Trinajstić information content (AvgIpc) is 2.83. The lowest BCUT2D eigenvalue weighted by Gasteiger charge is -2.34. The molecule has 31 heavy (non-hydrogen) atoms. The minimum Gasteiger partial charge on any atom is -0.493 e. The van der Waals surface area contributed by atoms with Gasteiger partial charge >= 0.3 is 5.97 Å². The number of benzene rings is 2. The average molecular weight is 425 g/mol. The third-order valence-corrected chi connectivity index (χ3v) is 5.16. The van der Waals surface area contributed by atoms with Crippen molar-refractivity contribution in [1.82, 2.24) is 9.80 Å². The Hall–Kier alpha value is -3.39. The molecule has 1 aliphatic heterocycles. The van der Waals surface area contributed by atoms with Crippen molar-refractivity contribution in [3.8, 4) is 11.5 Å². The molecule has 0 bridgehead atoms. The predicted octanol–water partition coefficient (Wildman–Crippen LogP) is 2.65. The summed E-state index contributed by atoms with van der Waals surface area (Å²) in [5, 5.41) is 0. The number of rotatable bonds is 7. The van der Waals surface area contributed by atoms with E-state index < -0.39 is 0 Å². The van der Waals surface area contributed by atoms with Gasteiger partial charge < -0.3 is 19.1 Å². The summed E-state index contributed by atoms with van der Waals surface area (Å²) in [6.07, 6.45) is 1.85. The molecule has 2 aromatic rings. The van der Waals surface area contributed by atoms with Crippen LogP contribution in [0.3, 0.4) is 0 Å². The Bertz CT molecular complexity index is 935. The van der Waals surface area contributed by atoms with Gasteiger partial charge in [-0.05, 0) is 42.5 Å². The number of nitrogens with zero attached hydrogens (tertiary/aromatic N) is 3. The molecule has 0 atom stereocenters. The van der Waals surface area contributed by atoms with Crippen LogP contribution in [0.1, 0.15) is 20.7 Å². The Morgan fingerprint density at radius 2 is 1.55 bits per heavy atom. The first-order valence-electron chi connectivity index (χ1n) is 10.00. The van der Waals surface area contributed by atoms with E-state index in [9.17, 15) is 9.59 Å². The van der Waals surface area contributed by atoms with Crippen molar-refractivity contribution in [2.75, 3.05) is 54.1 Å². The number of piperazine rings is 1. The summed E-state index contributed by atoms with van der Waals surface area (Å²) in [4.78, 5) is 32.8. The molecule has 0 spiro atoms. The SMILES string of the molecule is COC(=O)c1ccc(N=CCN2CCN(C(=O)c3ccc(OC)c(OC)c3)CC2)cc1. The lowest BCUT2D eigenvalue weighted by Crippen LogP contribution is -2.49.